The van der Waals surface area contributed by atoms with E-state index in [1.807, 2.05) is 0 Å². The Bertz CT molecular complexity index is 205. The first-order valence-corrected chi connectivity index (χ1v) is 3.29. The van der Waals surface area contributed by atoms with Crippen LogP contribution in [-0.2, 0) is 11.2 Å². The average Bonchev–Trinajstić information content (AvgIpc) is 2.17. The molecule has 1 heterocycles. The van der Waals surface area contributed by atoms with E-state index >= 15 is 0 Å². The topological polar surface area (TPSA) is 30.2 Å². The van der Waals surface area contributed by atoms with Crippen molar-refractivity contribution in [1.82, 2.24) is 0 Å². The maximum absolute atomic E-state index is 9.91. The van der Waals surface area contributed by atoms with Gasteiger partial charge in [0.05, 0.1) is 10.9 Å². The number of carbonyl (C=O) groups excluding carboxylic acids is 1. The molecule has 0 N–H and O–H groups in total. The molecular weight excluding hydrogens is 184 g/mol. The second kappa shape index (κ2) is 2.82. The largest absolute Gasteiger partial charge is 0.468 e. The zero-order valence-electron chi connectivity index (χ0n) is 4.63. The molecule has 1 aromatic rings. The molecule has 48 valence electrons. The fourth-order valence-corrected chi connectivity index (χ4v) is 0.892. The molecule has 0 aromatic carbocycles. The molecule has 2 nitrogen and oxygen atoms in total. The van der Waals surface area contributed by atoms with E-state index in [0.717, 1.165) is 10.8 Å². The molecule has 0 unspecified atom stereocenters. The minimum absolute atomic E-state index is 0.353. The highest BCUT2D eigenvalue weighted by Crippen LogP contribution is 2.13. The Morgan fingerprint density at radius 3 is 3.00 bits per heavy atom. The number of rotatable bonds is 2. The Kier molecular flexibility index (Phi) is 2.05. The first kappa shape index (κ1) is 6.55. The molecule has 3 heteroatoms. The number of hydrogen-bond donors (Lipinski definition) is 0. The summed E-state index contributed by atoms with van der Waals surface area (Å²) in [7, 11) is 0. The Balaban J connectivity index is 2.72. The average molecular weight is 189 g/mol. The molecule has 0 fully saturated rings. The van der Waals surface area contributed by atoms with Crippen LogP contribution in [0, 0.1) is 0 Å². The number of hydrogen-bond acceptors (Lipinski definition) is 2. The van der Waals surface area contributed by atoms with Gasteiger partial charge in [-0.25, -0.2) is 0 Å². The standard InChI is InChI=1S/C6H5BrO2/c7-5-3-6(1-2-8)9-4-5/h2-4H,1H2. The van der Waals surface area contributed by atoms with Gasteiger partial charge in [-0.3, -0.25) is 0 Å². The third-order valence-electron chi connectivity index (χ3n) is 0.906. The Morgan fingerprint density at radius 1 is 1.78 bits per heavy atom. The van der Waals surface area contributed by atoms with E-state index in [0.29, 0.717) is 12.2 Å². The zero-order valence-corrected chi connectivity index (χ0v) is 6.22. The molecule has 0 saturated carbocycles. The maximum atomic E-state index is 9.91. The predicted molar refractivity (Wildman–Crippen MR) is 36.2 cm³/mol. The summed E-state index contributed by atoms with van der Waals surface area (Å²) in [5.41, 5.74) is 0. The van der Waals surface area contributed by atoms with Gasteiger partial charge < -0.3 is 9.21 Å². The molecule has 1 aromatic heterocycles. The van der Waals surface area contributed by atoms with Crippen molar-refractivity contribution in [3.8, 4) is 0 Å². The van der Waals surface area contributed by atoms with Crippen LogP contribution in [0.1, 0.15) is 5.76 Å². The predicted octanol–water partition coefficient (Wildman–Crippen LogP) is 1.78. The van der Waals surface area contributed by atoms with E-state index in [4.69, 9.17) is 4.42 Å². The van der Waals surface area contributed by atoms with Crippen molar-refractivity contribution in [2.24, 2.45) is 0 Å². The van der Waals surface area contributed by atoms with Gasteiger partial charge in [0.25, 0.3) is 0 Å². The lowest BCUT2D eigenvalue weighted by molar-refractivity contribution is -0.107. The first-order valence-electron chi connectivity index (χ1n) is 2.49. The highest BCUT2D eigenvalue weighted by atomic mass is 79.9. The Hall–Kier alpha value is -0.570. The molecule has 1 rings (SSSR count). The van der Waals surface area contributed by atoms with E-state index < -0.39 is 0 Å². The van der Waals surface area contributed by atoms with Crippen molar-refractivity contribution in [2.45, 2.75) is 6.42 Å². The monoisotopic (exact) mass is 188 g/mol. The lowest BCUT2D eigenvalue weighted by Gasteiger charge is -1.79. The molecule has 0 amide bonds. The van der Waals surface area contributed by atoms with Gasteiger partial charge in [-0.1, -0.05) is 0 Å². The van der Waals surface area contributed by atoms with Crippen LogP contribution in [0.25, 0.3) is 0 Å². The summed E-state index contributed by atoms with van der Waals surface area (Å²) >= 11 is 3.19. The molecule has 0 aliphatic heterocycles. The number of carbonyl (C=O) groups is 1. The van der Waals surface area contributed by atoms with Crippen LogP contribution in [-0.4, -0.2) is 6.29 Å². The molecular formula is C6H5BrO2. The Morgan fingerprint density at radius 2 is 2.56 bits per heavy atom. The van der Waals surface area contributed by atoms with Crippen molar-refractivity contribution < 1.29 is 9.21 Å². The van der Waals surface area contributed by atoms with Crippen molar-refractivity contribution in [3.05, 3.63) is 22.6 Å². The van der Waals surface area contributed by atoms with Crippen LogP contribution in [0.2, 0.25) is 0 Å². The van der Waals surface area contributed by atoms with Crippen molar-refractivity contribution in [3.63, 3.8) is 0 Å². The maximum Gasteiger partial charge on any atom is 0.127 e. The zero-order chi connectivity index (χ0) is 6.69. The van der Waals surface area contributed by atoms with Crippen LogP contribution < -0.4 is 0 Å². The summed E-state index contributed by atoms with van der Waals surface area (Å²) in [6.07, 6.45) is 2.72. The lowest BCUT2D eigenvalue weighted by atomic mass is 10.4. The molecule has 0 aliphatic carbocycles. The summed E-state index contributed by atoms with van der Waals surface area (Å²) in [6, 6.07) is 1.77. The van der Waals surface area contributed by atoms with E-state index in [2.05, 4.69) is 15.9 Å². The summed E-state index contributed by atoms with van der Waals surface area (Å²) < 4.78 is 5.80. The Labute approximate surface area is 61.0 Å². The van der Waals surface area contributed by atoms with Gasteiger partial charge in [0, 0.05) is 0 Å². The fraction of sp³-hybridized carbons (Fsp3) is 0.167. The second-order valence-electron chi connectivity index (χ2n) is 1.60. The van der Waals surface area contributed by atoms with Crippen LogP contribution in [0.5, 0.6) is 0 Å². The van der Waals surface area contributed by atoms with Crippen LogP contribution in [0.4, 0.5) is 0 Å². The molecule has 0 aliphatic rings. The number of halogens is 1. The molecule has 0 atom stereocenters. The van der Waals surface area contributed by atoms with Gasteiger partial charge in [-0.2, -0.15) is 0 Å². The highest BCUT2D eigenvalue weighted by molar-refractivity contribution is 9.10. The quantitative estimate of drug-likeness (QED) is 0.663. The molecule has 9 heavy (non-hydrogen) atoms. The lowest BCUT2D eigenvalue weighted by Crippen LogP contribution is -1.78. The first-order chi connectivity index (χ1) is 4.33. The van der Waals surface area contributed by atoms with Crippen LogP contribution in [0.3, 0.4) is 0 Å². The van der Waals surface area contributed by atoms with Gasteiger partial charge in [-0.15, -0.1) is 0 Å². The molecule has 0 saturated heterocycles. The third-order valence-corrected chi connectivity index (χ3v) is 1.32. The van der Waals surface area contributed by atoms with E-state index in [-0.39, 0.29) is 0 Å². The third kappa shape index (κ3) is 1.68. The van der Waals surface area contributed by atoms with Crippen LogP contribution in [0.15, 0.2) is 21.2 Å². The van der Waals surface area contributed by atoms with Gasteiger partial charge >= 0.3 is 0 Å². The SMILES string of the molecule is O=CCc1cc(Br)co1. The number of furan rings is 1. The van der Waals surface area contributed by atoms with Gasteiger partial charge in [-0.05, 0) is 22.0 Å². The minimum atomic E-state index is 0.353. The summed E-state index contributed by atoms with van der Waals surface area (Å²) in [5, 5.41) is 0. The highest BCUT2D eigenvalue weighted by Gasteiger charge is 1.95. The summed E-state index contributed by atoms with van der Waals surface area (Å²) in [6.45, 7) is 0. The van der Waals surface area contributed by atoms with Crippen molar-refractivity contribution in [1.29, 1.82) is 0 Å². The van der Waals surface area contributed by atoms with Crippen molar-refractivity contribution in [2.75, 3.05) is 0 Å². The van der Waals surface area contributed by atoms with Gasteiger partial charge in [0.1, 0.15) is 18.3 Å². The van der Waals surface area contributed by atoms with E-state index in [9.17, 15) is 4.79 Å². The summed E-state index contributed by atoms with van der Waals surface area (Å²) in [4.78, 5) is 9.91. The van der Waals surface area contributed by atoms with Crippen molar-refractivity contribution >= 4 is 22.2 Å². The number of aldehydes is 1. The smallest absolute Gasteiger partial charge is 0.127 e. The van der Waals surface area contributed by atoms with Crippen LogP contribution >= 0.6 is 15.9 Å². The fourth-order valence-electron chi connectivity index (χ4n) is 0.543. The molecule has 0 spiro atoms. The van der Waals surface area contributed by atoms with Gasteiger partial charge in [0.2, 0.25) is 0 Å². The van der Waals surface area contributed by atoms with E-state index in [1.165, 1.54) is 0 Å². The second-order valence-corrected chi connectivity index (χ2v) is 2.52. The summed E-state index contributed by atoms with van der Waals surface area (Å²) in [5.74, 6) is 0.692. The van der Waals surface area contributed by atoms with Gasteiger partial charge in [0.15, 0.2) is 0 Å². The molecule has 0 radical (unpaired) electrons. The van der Waals surface area contributed by atoms with E-state index in [1.54, 1.807) is 12.3 Å². The normalized spacial score (nSPS) is 9.44. The minimum Gasteiger partial charge on any atom is -0.468 e. The molecule has 0 bridgehead atoms.